The highest BCUT2D eigenvalue weighted by Crippen LogP contribution is 2.00. The molecule has 0 spiro atoms. The molecule has 0 saturated heterocycles. The van der Waals surface area contributed by atoms with Crippen LogP contribution in [0.5, 0.6) is 0 Å². The van der Waals surface area contributed by atoms with Crippen molar-refractivity contribution in [1.29, 1.82) is 0 Å². The van der Waals surface area contributed by atoms with Crippen molar-refractivity contribution in [3.05, 3.63) is 0 Å². The molecule has 0 fully saturated rings. The van der Waals surface area contributed by atoms with Crippen LogP contribution in [0.4, 0.5) is 0 Å². The smallest absolute Gasteiger partial charge is 0.327 e. The van der Waals surface area contributed by atoms with Crippen molar-refractivity contribution < 1.29 is 24.9 Å². The molecule has 0 saturated carbocycles. The number of amides is 1. The maximum Gasteiger partial charge on any atom is 0.327 e. The van der Waals surface area contributed by atoms with Gasteiger partial charge in [-0.15, -0.1) is 0 Å². The van der Waals surface area contributed by atoms with Crippen molar-refractivity contribution in [1.82, 2.24) is 10.6 Å². The van der Waals surface area contributed by atoms with Crippen LogP contribution in [-0.2, 0) is 9.59 Å². The predicted molar refractivity (Wildman–Crippen MR) is 55.8 cm³/mol. The summed E-state index contributed by atoms with van der Waals surface area (Å²) in [4.78, 5) is 21.5. The van der Waals surface area contributed by atoms with Gasteiger partial charge in [-0.05, 0) is 6.92 Å². The Morgan fingerprint density at radius 3 is 2.12 bits per heavy atom. The fourth-order valence-corrected chi connectivity index (χ4v) is 0.956. The van der Waals surface area contributed by atoms with Crippen molar-refractivity contribution >= 4 is 11.9 Å². The number of aliphatic carboxylic acids is 1. The number of carboxylic acid groups (broad SMARTS) is 1. The maximum absolute atomic E-state index is 10.7. The average Bonchev–Trinajstić information content (AvgIpc) is 2.23. The molecule has 16 heavy (non-hydrogen) atoms. The van der Waals surface area contributed by atoms with Crippen molar-refractivity contribution in [2.24, 2.45) is 0 Å². The molecule has 0 aromatic rings. The number of carbonyl (C=O) groups excluding carboxylic acids is 1. The molecule has 5 N–H and O–H groups in total. The molecule has 7 nitrogen and oxygen atoms in total. The van der Waals surface area contributed by atoms with Gasteiger partial charge in [0.25, 0.3) is 0 Å². The van der Waals surface area contributed by atoms with Crippen LogP contribution in [0.2, 0.25) is 0 Å². The fraction of sp³-hybridized carbons (Fsp3) is 0.778. The lowest BCUT2D eigenvalue weighted by Crippen LogP contribution is -2.55. The lowest BCUT2D eigenvalue weighted by molar-refractivity contribution is -0.141. The van der Waals surface area contributed by atoms with Crippen molar-refractivity contribution in [2.45, 2.75) is 25.4 Å². The minimum absolute atomic E-state index is 0.0769. The minimum Gasteiger partial charge on any atom is -0.480 e. The summed E-state index contributed by atoms with van der Waals surface area (Å²) in [6, 6.07) is -1.09. The Kier molecular flexibility index (Phi) is 5.94. The van der Waals surface area contributed by atoms with Gasteiger partial charge in [0.2, 0.25) is 5.91 Å². The van der Waals surface area contributed by atoms with Crippen LogP contribution in [0.1, 0.15) is 13.8 Å². The second-order valence-electron chi connectivity index (χ2n) is 3.85. The van der Waals surface area contributed by atoms with E-state index >= 15 is 0 Å². The van der Waals surface area contributed by atoms with Gasteiger partial charge in [-0.25, -0.2) is 4.79 Å². The summed E-state index contributed by atoms with van der Waals surface area (Å²) in [5.41, 5.74) is -0.966. The van der Waals surface area contributed by atoms with Crippen molar-refractivity contribution in [3.63, 3.8) is 0 Å². The third-order valence-corrected chi connectivity index (χ3v) is 2.11. The summed E-state index contributed by atoms with van der Waals surface area (Å²) in [6.07, 6.45) is 0. The van der Waals surface area contributed by atoms with Crippen LogP contribution in [-0.4, -0.2) is 58.5 Å². The topological polar surface area (TPSA) is 119 Å². The molecule has 0 aromatic heterocycles. The van der Waals surface area contributed by atoms with Crippen LogP contribution in [0.25, 0.3) is 0 Å². The van der Waals surface area contributed by atoms with Crippen LogP contribution >= 0.6 is 0 Å². The van der Waals surface area contributed by atoms with Gasteiger partial charge in [0.15, 0.2) is 0 Å². The molecule has 1 atom stereocenters. The van der Waals surface area contributed by atoms with E-state index in [1.165, 1.54) is 6.92 Å². The third kappa shape index (κ3) is 5.06. The summed E-state index contributed by atoms with van der Waals surface area (Å²) >= 11 is 0. The number of hydrogen-bond acceptors (Lipinski definition) is 5. The maximum atomic E-state index is 10.7. The number of hydrogen-bond donors (Lipinski definition) is 5. The largest absolute Gasteiger partial charge is 0.480 e. The van der Waals surface area contributed by atoms with E-state index < -0.39 is 23.5 Å². The Balaban J connectivity index is 4.31. The lowest BCUT2D eigenvalue weighted by atomic mass is 10.1. The Hall–Kier alpha value is -1.18. The SMILES string of the molecule is CC(=O)NC(CNC(C)(CO)CO)C(=O)O. The normalized spacial score (nSPS) is 13.2. The third-order valence-electron chi connectivity index (χ3n) is 2.11. The highest BCUT2D eigenvalue weighted by atomic mass is 16.4. The molecule has 0 radical (unpaired) electrons. The Labute approximate surface area is 93.5 Å². The number of carbonyl (C=O) groups is 2. The monoisotopic (exact) mass is 234 g/mol. The van der Waals surface area contributed by atoms with E-state index in [1.54, 1.807) is 6.92 Å². The van der Waals surface area contributed by atoms with E-state index in [-0.39, 0.29) is 19.8 Å². The quantitative estimate of drug-likeness (QED) is 0.344. The molecular formula is C9H18N2O5. The van der Waals surface area contributed by atoms with Gasteiger partial charge in [0, 0.05) is 13.5 Å². The van der Waals surface area contributed by atoms with Crippen LogP contribution in [0.3, 0.4) is 0 Å². The van der Waals surface area contributed by atoms with Gasteiger partial charge in [-0.3, -0.25) is 4.79 Å². The second-order valence-corrected chi connectivity index (χ2v) is 3.85. The van der Waals surface area contributed by atoms with E-state index in [0.29, 0.717) is 0 Å². The summed E-state index contributed by atoms with van der Waals surface area (Å²) < 4.78 is 0. The number of carboxylic acids is 1. The molecular weight excluding hydrogens is 216 g/mol. The molecule has 0 aliphatic heterocycles. The zero-order valence-electron chi connectivity index (χ0n) is 9.36. The predicted octanol–water partition coefficient (Wildman–Crippen LogP) is -2.09. The Morgan fingerprint density at radius 1 is 1.31 bits per heavy atom. The molecule has 0 aliphatic carbocycles. The summed E-state index contributed by atoms with van der Waals surface area (Å²) in [5, 5.41) is 31.6. The standard InChI is InChI=1S/C9H18N2O5/c1-6(14)11-7(8(15)16)3-10-9(2,4-12)5-13/h7,10,12-13H,3-5H2,1-2H3,(H,11,14)(H,15,16). The Morgan fingerprint density at radius 2 is 1.81 bits per heavy atom. The van der Waals surface area contributed by atoms with Crippen LogP contribution in [0.15, 0.2) is 0 Å². The summed E-state index contributed by atoms with van der Waals surface area (Å²) in [5.74, 6) is -1.63. The second kappa shape index (κ2) is 6.41. The van der Waals surface area contributed by atoms with E-state index in [2.05, 4.69) is 10.6 Å². The van der Waals surface area contributed by atoms with E-state index in [4.69, 9.17) is 15.3 Å². The van der Waals surface area contributed by atoms with E-state index in [0.717, 1.165) is 0 Å². The lowest BCUT2D eigenvalue weighted by Gasteiger charge is -2.28. The zero-order valence-corrected chi connectivity index (χ0v) is 9.36. The summed E-state index contributed by atoms with van der Waals surface area (Å²) in [6.45, 7) is 2.01. The highest BCUT2D eigenvalue weighted by Gasteiger charge is 2.25. The Bertz CT molecular complexity index is 252. The molecule has 7 heteroatoms. The minimum atomic E-state index is -1.18. The highest BCUT2D eigenvalue weighted by molar-refractivity contribution is 5.82. The zero-order chi connectivity index (χ0) is 12.8. The molecule has 1 amide bonds. The van der Waals surface area contributed by atoms with E-state index in [9.17, 15) is 9.59 Å². The molecule has 0 aliphatic rings. The molecule has 94 valence electrons. The molecule has 0 aromatic carbocycles. The first-order valence-corrected chi connectivity index (χ1v) is 4.81. The van der Waals surface area contributed by atoms with Crippen molar-refractivity contribution in [2.75, 3.05) is 19.8 Å². The average molecular weight is 234 g/mol. The van der Waals surface area contributed by atoms with Gasteiger partial charge in [0.05, 0.1) is 18.8 Å². The molecule has 0 rings (SSSR count). The fourth-order valence-electron chi connectivity index (χ4n) is 0.956. The number of rotatable bonds is 7. The van der Waals surface area contributed by atoms with Crippen molar-refractivity contribution in [3.8, 4) is 0 Å². The first-order chi connectivity index (χ1) is 7.34. The number of nitrogens with one attached hydrogen (secondary N) is 2. The van der Waals surface area contributed by atoms with Gasteiger partial charge in [-0.2, -0.15) is 0 Å². The van der Waals surface area contributed by atoms with Gasteiger partial charge in [0.1, 0.15) is 6.04 Å². The van der Waals surface area contributed by atoms with Gasteiger partial charge in [-0.1, -0.05) is 0 Å². The number of aliphatic hydroxyl groups is 2. The van der Waals surface area contributed by atoms with Crippen LogP contribution in [0, 0.1) is 0 Å². The molecule has 0 heterocycles. The van der Waals surface area contributed by atoms with Gasteiger partial charge < -0.3 is 26.0 Å². The molecule has 1 unspecified atom stereocenters. The molecule has 0 bridgehead atoms. The summed E-state index contributed by atoms with van der Waals surface area (Å²) in [7, 11) is 0. The van der Waals surface area contributed by atoms with E-state index in [1.807, 2.05) is 0 Å². The van der Waals surface area contributed by atoms with Crippen LogP contribution < -0.4 is 10.6 Å². The number of aliphatic hydroxyl groups excluding tert-OH is 2. The first kappa shape index (κ1) is 14.8. The van der Waals surface area contributed by atoms with Gasteiger partial charge >= 0.3 is 5.97 Å². The first-order valence-electron chi connectivity index (χ1n) is 4.81.